The molecule has 0 aliphatic heterocycles. The Kier molecular flexibility index (Phi) is 5.20. The summed E-state index contributed by atoms with van der Waals surface area (Å²) in [7, 11) is 0. The lowest BCUT2D eigenvalue weighted by atomic mass is 10.1. The van der Waals surface area contributed by atoms with Crippen LogP contribution < -0.4 is 10.6 Å². The number of carbonyl (C=O) groups excluding carboxylic acids is 1. The zero-order valence-electron chi connectivity index (χ0n) is 12.4. The van der Waals surface area contributed by atoms with Crippen molar-refractivity contribution in [1.29, 1.82) is 0 Å². The third-order valence-corrected chi connectivity index (χ3v) is 3.29. The van der Waals surface area contributed by atoms with Gasteiger partial charge in [0.15, 0.2) is 0 Å². The number of alkyl halides is 3. The van der Waals surface area contributed by atoms with Crippen LogP contribution in [0.1, 0.15) is 29.7 Å². The van der Waals surface area contributed by atoms with Crippen LogP contribution in [0, 0.1) is 0 Å². The predicted molar refractivity (Wildman–Crippen MR) is 79.5 cm³/mol. The number of urea groups is 1. The van der Waals surface area contributed by atoms with Crippen molar-refractivity contribution >= 4 is 6.03 Å². The summed E-state index contributed by atoms with van der Waals surface area (Å²) in [5, 5.41) is 5.36. The Morgan fingerprint density at radius 3 is 2.30 bits per heavy atom. The Hall–Kier alpha value is -2.57. The van der Waals surface area contributed by atoms with Gasteiger partial charge in [-0.3, -0.25) is 4.98 Å². The second-order valence-electron chi connectivity index (χ2n) is 5.02. The van der Waals surface area contributed by atoms with E-state index in [1.807, 2.05) is 6.92 Å². The lowest BCUT2D eigenvalue weighted by Gasteiger charge is -2.15. The van der Waals surface area contributed by atoms with Gasteiger partial charge in [0, 0.05) is 18.9 Å². The van der Waals surface area contributed by atoms with Crippen molar-refractivity contribution in [2.45, 2.75) is 25.7 Å². The van der Waals surface area contributed by atoms with E-state index in [2.05, 4.69) is 15.6 Å². The Bertz CT molecular complexity index is 642. The summed E-state index contributed by atoms with van der Waals surface area (Å²) in [5.41, 5.74) is 0.784. The summed E-state index contributed by atoms with van der Waals surface area (Å²) in [6.45, 7) is 1.97. The van der Waals surface area contributed by atoms with Crippen LogP contribution in [-0.4, -0.2) is 11.0 Å². The number of aromatic nitrogens is 1. The molecule has 4 nitrogen and oxygen atoms in total. The van der Waals surface area contributed by atoms with Crippen LogP contribution in [0.15, 0.2) is 48.8 Å². The summed E-state index contributed by atoms with van der Waals surface area (Å²) in [6.07, 6.45) is -1.09. The van der Waals surface area contributed by atoms with Gasteiger partial charge in [-0.05, 0) is 42.3 Å². The van der Waals surface area contributed by atoms with Gasteiger partial charge in [0.05, 0.1) is 11.6 Å². The summed E-state index contributed by atoms with van der Waals surface area (Å²) in [6, 6.07) is 7.66. The second-order valence-corrected chi connectivity index (χ2v) is 5.02. The molecule has 0 saturated carbocycles. The fraction of sp³-hybridized carbons (Fsp3) is 0.250. The number of rotatable bonds is 4. The lowest BCUT2D eigenvalue weighted by molar-refractivity contribution is -0.137. The molecule has 0 saturated heterocycles. The van der Waals surface area contributed by atoms with Crippen molar-refractivity contribution in [2.24, 2.45) is 0 Å². The van der Waals surface area contributed by atoms with E-state index in [0.717, 1.165) is 17.7 Å². The first-order chi connectivity index (χ1) is 10.9. The predicted octanol–water partition coefficient (Wildman–Crippen LogP) is 3.66. The molecule has 1 aromatic carbocycles. The van der Waals surface area contributed by atoms with E-state index >= 15 is 0 Å². The van der Waals surface area contributed by atoms with Crippen molar-refractivity contribution in [3.05, 3.63) is 65.5 Å². The lowest BCUT2D eigenvalue weighted by Crippen LogP contribution is -2.36. The molecule has 7 heteroatoms. The number of carbonyl (C=O) groups is 1. The minimum absolute atomic E-state index is 0.146. The van der Waals surface area contributed by atoms with Gasteiger partial charge in [0.25, 0.3) is 0 Å². The molecule has 0 unspecified atom stereocenters. The maximum Gasteiger partial charge on any atom is 0.416 e. The van der Waals surface area contributed by atoms with Crippen molar-refractivity contribution in [3.63, 3.8) is 0 Å². The number of benzene rings is 1. The Morgan fingerprint density at radius 2 is 1.74 bits per heavy atom. The zero-order chi connectivity index (χ0) is 16.9. The smallest absolute Gasteiger partial charge is 0.334 e. The van der Waals surface area contributed by atoms with Gasteiger partial charge in [0.1, 0.15) is 0 Å². The Balaban J connectivity index is 1.85. The number of pyridine rings is 1. The number of amides is 2. The molecule has 0 bridgehead atoms. The topological polar surface area (TPSA) is 54.0 Å². The summed E-state index contributed by atoms with van der Waals surface area (Å²) in [4.78, 5) is 15.7. The normalized spacial score (nSPS) is 12.5. The zero-order valence-corrected chi connectivity index (χ0v) is 12.4. The molecular weight excluding hydrogens is 307 g/mol. The summed E-state index contributed by atoms with van der Waals surface area (Å²) < 4.78 is 37.4. The van der Waals surface area contributed by atoms with Gasteiger partial charge < -0.3 is 10.6 Å². The van der Waals surface area contributed by atoms with Gasteiger partial charge in [-0.1, -0.05) is 12.1 Å². The highest BCUT2D eigenvalue weighted by atomic mass is 19.4. The van der Waals surface area contributed by atoms with Crippen LogP contribution >= 0.6 is 0 Å². The molecule has 1 atom stereocenters. The molecular formula is C16H16F3N3O. The van der Waals surface area contributed by atoms with Crippen LogP contribution in [0.2, 0.25) is 0 Å². The van der Waals surface area contributed by atoms with Crippen LogP contribution in [-0.2, 0) is 12.7 Å². The molecule has 0 aliphatic rings. The van der Waals surface area contributed by atoms with Crippen LogP contribution in [0.3, 0.4) is 0 Å². The average Bonchev–Trinajstić information content (AvgIpc) is 2.53. The minimum Gasteiger partial charge on any atom is -0.334 e. The third-order valence-electron chi connectivity index (χ3n) is 3.29. The quantitative estimate of drug-likeness (QED) is 0.902. The van der Waals surface area contributed by atoms with Crippen molar-refractivity contribution in [3.8, 4) is 0 Å². The van der Waals surface area contributed by atoms with E-state index in [-0.39, 0.29) is 12.6 Å². The highest BCUT2D eigenvalue weighted by Gasteiger charge is 2.29. The van der Waals surface area contributed by atoms with Crippen LogP contribution in [0.5, 0.6) is 0 Å². The van der Waals surface area contributed by atoms with Crippen LogP contribution in [0.25, 0.3) is 0 Å². The monoisotopic (exact) mass is 323 g/mol. The maximum absolute atomic E-state index is 12.5. The fourth-order valence-corrected chi connectivity index (χ4v) is 1.98. The van der Waals surface area contributed by atoms with Crippen molar-refractivity contribution in [1.82, 2.24) is 15.6 Å². The van der Waals surface area contributed by atoms with Gasteiger partial charge >= 0.3 is 12.2 Å². The molecule has 0 radical (unpaired) electrons. The van der Waals surface area contributed by atoms with E-state index in [0.29, 0.717) is 5.56 Å². The van der Waals surface area contributed by atoms with Gasteiger partial charge in [-0.25, -0.2) is 4.79 Å². The molecule has 23 heavy (non-hydrogen) atoms. The Labute approximate surface area is 131 Å². The van der Waals surface area contributed by atoms with Crippen LogP contribution in [0.4, 0.5) is 18.0 Å². The number of halogens is 3. The molecule has 0 fully saturated rings. The number of nitrogens with one attached hydrogen (secondary N) is 2. The molecule has 2 N–H and O–H groups in total. The highest BCUT2D eigenvalue weighted by molar-refractivity contribution is 5.74. The SMILES string of the molecule is C[C@H](NC(=O)NCc1ccc(C(F)(F)F)cc1)c1ccncc1. The Morgan fingerprint density at radius 1 is 1.13 bits per heavy atom. The van der Waals surface area contributed by atoms with Crippen molar-refractivity contribution in [2.75, 3.05) is 0 Å². The molecule has 1 heterocycles. The van der Waals surface area contributed by atoms with E-state index in [4.69, 9.17) is 0 Å². The molecule has 2 amide bonds. The third kappa shape index (κ3) is 4.98. The molecule has 1 aromatic heterocycles. The van der Waals surface area contributed by atoms with E-state index in [1.165, 1.54) is 12.1 Å². The van der Waals surface area contributed by atoms with E-state index < -0.39 is 17.8 Å². The first kappa shape index (κ1) is 16.8. The summed E-state index contributed by atoms with van der Waals surface area (Å²) >= 11 is 0. The molecule has 0 aliphatic carbocycles. The summed E-state index contributed by atoms with van der Waals surface area (Å²) in [5.74, 6) is 0. The minimum atomic E-state index is -4.36. The van der Waals surface area contributed by atoms with E-state index in [1.54, 1.807) is 24.5 Å². The van der Waals surface area contributed by atoms with Gasteiger partial charge in [-0.15, -0.1) is 0 Å². The molecule has 2 rings (SSSR count). The standard InChI is InChI=1S/C16H16F3N3O/c1-11(13-6-8-20-9-7-13)22-15(23)21-10-12-2-4-14(5-3-12)16(17,18)19/h2-9,11H,10H2,1H3,(H2,21,22,23)/t11-/m0/s1. The number of nitrogens with zero attached hydrogens (tertiary/aromatic N) is 1. The van der Waals surface area contributed by atoms with Crippen molar-refractivity contribution < 1.29 is 18.0 Å². The van der Waals surface area contributed by atoms with Gasteiger partial charge in [-0.2, -0.15) is 13.2 Å². The fourth-order valence-electron chi connectivity index (χ4n) is 1.98. The highest BCUT2D eigenvalue weighted by Crippen LogP contribution is 2.29. The first-order valence-electron chi connectivity index (χ1n) is 6.96. The first-order valence-corrected chi connectivity index (χ1v) is 6.96. The van der Waals surface area contributed by atoms with Gasteiger partial charge in [0.2, 0.25) is 0 Å². The molecule has 122 valence electrons. The maximum atomic E-state index is 12.5. The van der Waals surface area contributed by atoms with E-state index in [9.17, 15) is 18.0 Å². The number of hydrogen-bond acceptors (Lipinski definition) is 2. The molecule has 2 aromatic rings. The largest absolute Gasteiger partial charge is 0.416 e. The second kappa shape index (κ2) is 7.13. The molecule has 0 spiro atoms. The average molecular weight is 323 g/mol. The number of hydrogen-bond donors (Lipinski definition) is 2.